The molecule has 1 atom stereocenters. The van der Waals surface area contributed by atoms with Crippen molar-refractivity contribution in [3.05, 3.63) is 23.8 Å². The van der Waals surface area contributed by atoms with E-state index in [0.29, 0.717) is 36.7 Å². The van der Waals surface area contributed by atoms with Crippen molar-refractivity contribution in [1.82, 2.24) is 5.32 Å². The van der Waals surface area contributed by atoms with Crippen molar-refractivity contribution in [2.24, 2.45) is 0 Å². The van der Waals surface area contributed by atoms with E-state index in [1.807, 2.05) is 13.8 Å². The van der Waals surface area contributed by atoms with Gasteiger partial charge in [0, 0.05) is 17.7 Å². The van der Waals surface area contributed by atoms with E-state index >= 15 is 0 Å². The number of carbonyl (C=O) groups excluding carboxylic acids is 1. The summed E-state index contributed by atoms with van der Waals surface area (Å²) in [6.07, 6.45) is 1.28. The molecule has 0 aliphatic carbocycles. The Kier molecular flexibility index (Phi) is 4.49. The number of ether oxygens (including phenoxy) is 2. The van der Waals surface area contributed by atoms with Gasteiger partial charge in [0.2, 0.25) is 0 Å². The van der Waals surface area contributed by atoms with Crippen molar-refractivity contribution in [2.75, 3.05) is 19.8 Å². The predicted octanol–water partition coefficient (Wildman–Crippen LogP) is 1.74. The summed E-state index contributed by atoms with van der Waals surface area (Å²) < 4.78 is 10.9. The molecule has 0 spiro atoms. The minimum atomic E-state index is -0.404. The van der Waals surface area contributed by atoms with Crippen molar-refractivity contribution >= 4 is 5.91 Å². The van der Waals surface area contributed by atoms with Crippen LogP contribution in [0.3, 0.4) is 0 Å². The molecule has 1 heterocycles. The van der Waals surface area contributed by atoms with Gasteiger partial charge in [0.1, 0.15) is 13.2 Å². The van der Waals surface area contributed by atoms with Crippen LogP contribution < -0.4 is 14.8 Å². The SMILES string of the molecule is CCC(C)(CCO)NC(=O)c1ccc2c(c1)OCCO2. The summed E-state index contributed by atoms with van der Waals surface area (Å²) >= 11 is 0. The predicted molar refractivity (Wildman–Crippen MR) is 75.3 cm³/mol. The van der Waals surface area contributed by atoms with E-state index in [9.17, 15) is 4.79 Å². The first kappa shape index (κ1) is 14.7. The molecule has 1 unspecified atom stereocenters. The van der Waals surface area contributed by atoms with Crippen LogP contribution >= 0.6 is 0 Å². The molecule has 0 fully saturated rings. The minimum absolute atomic E-state index is 0.0474. The maximum atomic E-state index is 12.3. The van der Waals surface area contributed by atoms with E-state index in [1.165, 1.54) is 0 Å². The lowest BCUT2D eigenvalue weighted by Crippen LogP contribution is -2.46. The smallest absolute Gasteiger partial charge is 0.251 e. The number of hydrogen-bond acceptors (Lipinski definition) is 4. The second-order valence-electron chi connectivity index (χ2n) is 5.20. The molecule has 0 saturated carbocycles. The number of amides is 1. The Balaban J connectivity index is 2.13. The number of rotatable bonds is 5. The Hall–Kier alpha value is -1.75. The van der Waals surface area contributed by atoms with Gasteiger partial charge in [0.05, 0.1) is 0 Å². The number of aliphatic hydroxyl groups is 1. The van der Waals surface area contributed by atoms with Crippen molar-refractivity contribution in [1.29, 1.82) is 0 Å². The van der Waals surface area contributed by atoms with Crippen molar-refractivity contribution < 1.29 is 19.4 Å². The first-order valence-electron chi connectivity index (χ1n) is 6.91. The fraction of sp³-hybridized carbons (Fsp3) is 0.533. The van der Waals surface area contributed by atoms with Gasteiger partial charge in [0.25, 0.3) is 5.91 Å². The first-order valence-corrected chi connectivity index (χ1v) is 6.91. The van der Waals surface area contributed by atoms with Gasteiger partial charge in [-0.05, 0) is 38.0 Å². The summed E-state index contributed by atoms with van der Waals surface area (Å²) in [5.74, 6) is 1.10. The molecule has 1 aromatic rings. The molecule has 1 aliphatic heterocycles. The largest absolute Gasteiger partial charge is 0.486 e. The number of aliphatic hydroxyl groups excluding tert-OH is 1. The molecule has 20 heavy (non-hydrogen) atoms. The van der Waals surface area contributed by atoms with Crippen LogP contribution in [0.2, 0.25) is 0 Å². The van der Waals surface area contributed by atoms with Gasteiger partial charge in [-0.2, -0.15) is 0 Å². The molecule has 0 bridgehead atoms. The van der Waals surface area contributed by atoms with Gasteiger partial charge in [-0.25, -0.2) is 0 Å². The molecule has 0 aromatic heterocycles. The van der Waals surface area contributed by atoms with Crippen LogP contribution in [0, 0.1) is 0 Å². The quantitative estimate of drug-likeness (QED) is 0.861. The Labute approximate surface area is 118 Å². The maximum absolute atomic E-state index is 12.3. The van der Waals surface area contributed by atoms with Crippen LogP contribution in [0.15, 0.2) is 18.2 Å². The molecule has 2 rings (SSSR count). The van der Waals surface area contributed by atoms with Gasteiger partial charge >= 0.3 is 0 Å². The molecular weight excluding hydrogens is 258 g/mol. The van der Waals surface area contributed by atoms with Gasteiger partial charge in [-0.1, -0.05) is 6.92 Å². The molecule has 2 N–H and O–H groups in total. The highest BCUT2D eigenvalue weighted by molar-refractivity contribution is 5.95. The summed E-state index contributed by atoms with van der Waals surface area (Å²) in [5, 5.41) is 12.1. The first-order chi connectivity index (χ1) is 9.58. The molecule has 1 aromatic carbocycles. The Morgan fingerprint density at radius 1 is 1.35 bits per heavy atom. The average molecular weight is 279 g/mol. The zero-order chi connectivity index (χ0) is 14.6. The number of hydrogen-bond donors (Lipinski definition) is 2. The highest BCUT2D eigenvalue weighted by atomic mass is 16.6. The van der Waals surface area contributed by atoms with E-state index in [4.69, 9.17) is 14.6 Å². The molecule has 1 aliphatic rings. The lowest BCUT2D eigenvalue weighted by atomic mass is 9.94. The third kappa shape index (κ3) is 3.22. The molecule has 5 heteroatoms. The monoisotopic (exact) mass is 279 g/mol. The lowest BCUT2D eigenvalue weighted by Gasteiger charge is -2.29. The topological polar surface area (TPSA) is 67.8 Å². The number of fused-ring (bicyclic) bond motifs is 1. The van der Waals surface area contributed by atoms with Gasteiger partial charge in [0.15, 0.2) is 11.5 Å². The summed E-state index contributed by atoms with van der Waals surface area (Å²) in [5.41, 5.74) is 0.130. The third-order valence-electron chi connectivity index (χ3n) is 3.66. The summed E-state index contributed by atoms with van der Waals surface area (Å²) in [7, 11) is 0. The average Bonchev–Trinajstić information content (AvgIpc) is 2.47. The van der Waals surface area contributed by atoms with Crippen molar-refractivity contribution in [3.63, 3.8) is 0 Å². The van der Waals surface area contributed by atoms with E-state index in [-0.39, 0.29) is 12.5 Å². The zero-order valence-electron chi connectivity index (χ0n) is 11.9. The van der Waals surface area contributed by atoms with Crippen molar-refractivity contribution in [3.8, 4) is 11.5 Å². The molecule has 5 nitrogen and oxygen atoms in total. The molecule has 0 saturated heterocycles. The third-order valence-corrected chi connectivity index (χ3v) is 3.66. The van der Waals surface area contributed by atoms with Crippen LogP contribution in [0.5, 0.6) is 11.5 Å². The standard InChI is InChI=1S/C15H21NO4/c1-3-15(2,6-7-17)16-14(18)11-4-5-12-13(10-11)20-9-8-19-12/h4-5,10,17H,3,6-9H2,1-2H3,(H,16,18). The number of carbonyl (C=O) groups is 1. The maximum Gasteiger partial charge on any atom is 0.251 e. The van der Waals surface area contributed by atoms with Crippen LogP contribution in [0.25, 0.3) is 0 Å². The van der Waals surface area contributed by atoms with Gasteiger partial charge < -0.3 is 19.9 Å². The van der Waals surface area contributed by atoms with E-state index in [0.717, 1.165) is 6.42 Å². The van der Waals surface area contributed by atoms with E-state index in [2.05, 4.69) is 5.32 Å². The van der Waals surface area contributed by atoms with Gasteiger partial charge in [-0.3, -0.25) is 4.79 Å². The Morgan fingerprint density at radius 2 is 2.05 bits per heavy atom. The second-order valence-corrected chi connectivity index (χ2v) is 5.20. The van der Waals surface area contributed by atoms with Gasteiger partial charge in [-0.15, -0.1) is 0 Å². The summed E-state index contributed by atoms with van der Waals surface area (Å²) in [4.78, 5) is 12.3. The highest BCUT2D eigenvalue weighted by Gasteiger charge is 2.25. The molecule has 110 valence electrons. The second kappa shape index (κ2) is 6.13. The molecule has 1 amide bonds. The zero-order valence-corrected chi connectivity index (χ0v) is 11.9. The fourth-order valence-electron chi connectivity index (χ4n) is 2.11. The van der Waals surface area contributed by atoms with Crippen LogP contribution in [0.4, 0.5) is 0 Å². The van der Waals surface area contributed by atoms with Crippen molar-refractivity contribution in [2.45, 2.75) is 32.2 Å². The Morgan fingerprint density at radius 3 is 2.70 bits per heavy atom. The molecular formula is C15H21NO4. The van der Waals surface area contributed by atoms with Crippen LogP contribution in [-0.2, 0) is 0 Å². The van der Waals surface area contributed by atoms with Crippen LogP contribution in [-0.4, -0.2) is 36.4 Å². The van der Waals surface area contributed by atoms with E-state index < -0.39 is 5.54 Å². The normalized spacial score (nSPS) is 16.4. The number of nitrogens with one attached hydrogen (secondary N) is 1. The number of benzene rings is 1. The fourth-order valence-corrected chi connectivity index (χ4v) is 2.11. The summed E-state index contributed by atoms with van der Waals surface area (Å²) in [6, 6.07) is 5.16. The molecule has 0 radical (unpaired) electrons. The lowest BCUT2D eigenvalue weighted by molar-refractivity contribution is 0.0885. The minimum Gasteiger partial charge on any atom is -0.486 e. The highest BCUT2D eigenvalue weighted by Crippen LogP contribution is 2.31. The Bertz CT molecular complexity index is 489. The van der Waals surface area contributed by atoms with E-state index in [1.54, 1.807) is 18.2 Å². The summed E-state index contributed by atoms with van der Waals surface area (Å²) in [6.45, 7) is 4.99. The van der Waals surface area contributed by atoms with Crippen LogP contribution in [0.1, 0.15) is 37.0 Å².